The number of hydrogen-bond donors (Lipinski definition) is 2. The fraction of sp³-hybridized carbons (Fsp3) is 0.579. The summed E-state index contributed by atoms with van der Waals surface area (Å²) in [5.41, 5.74) is 0.794. The van der Waals surface area contributed by atoms with E-state index in [1.54, 1.807) is 0 Å². The Morgan fingerprint density at radius 1 is 1.16 bits per heavy atom. The van der Waals surface area contributed by atoms with Crippen LogP contribution >= 0.6 is 0 Å². The number of benzene rings is 1. The number of nitrogens with one attached hydrogen (secondary N) is 1. The van der Waals surface area contributed by atoms with Crippen LogP contribution in [0.1, 0.15) is 38.7 Å². The molecule has 25 heavy (non-hydrogen) atoms. The maximum Gasteiger partial charge on any atom is 0.306 e. The molecule has 2 atom stereocenters. The van der Waals surface area contributed by atoms with Crippen molar-refractivity contribution in [2.24, 2.45) is 11.8 Å². The van der Waals surface area contributed by atoms with Crippen molar-refractivity contribution in [3.05, 3.63) is 23.8 Å². The highest BCUT2D eigenvalue weighted by Crippen LogP contribution is 2.35. The predicted molar refractivity (Wildman–Crippen MR) is 91.9 cm³/mol. The van der Waals surface area contributed by atoms with Gasteiger partial charge in [-0.1, -0.05) is 19.9 Å². The highest BCUT2D eigenvalue weighted by atomic mass is 16.6. The molecule has 0 unspecified atom stereocenters. The van der Waals surface area contributed by atoms with Crippen LogP contribution in [0.3, 0.4) is 0 Å². The molecule has 0 saturated heterocycles. The summed E-state index contributed by atoms with van der Waals surface area (Å²) in [6, 6.07) is 5.87. The first kappa shape index (κ1) is 17.6. The second-order valence-electron chi connectivity index (χ2n) is 7.51. The number of rotatable bonds is 5. The standard InChI is InChI=1S/C19H25NO5/c1-19(2,14-5-6-15-16(10-14)25-8-7-24-15)11-20-17(21)12-3-4-13(9-12)18(22)23/h5-6,10,12-13H,3-4,7-9,11H2,1-2H3,(H,20,21)(H,22,23)/t12-,13+/m1/s1. The Morgan fingerprint density at radius 3 is 2.52 bits per heavy atom. The summed E-state index contributed by atoms with van der Waals surface area (Å²) < 4.78 is 11.2. The van der Waals surface area contributed by atoms with Crippen molar-refractivity contribution in [2.45, 2.75) is 38.5 Å². The van der Waals surface area contributed by atoms with Gasteiger partial charge in [0.25, 0.3) is 0 Å². The van der Waals surface area contributed by atoms with Crippen molar-refractivity contribution in [3.8, 4) is 11.5 Å². The lowest BCUT2D eigenvalue weighted by molar-refractivity contribution is -0.141. The van der Waals surface area contributed by atoms with E-state index in [0.717, 1.165) is 17.1 Å². The number of carboxylic acids is 1. The first-order chi connectivity index (χ1) is 11.9. The largest absolute Gasteiger partial charge is 0.486 e. The van der Waals surface area contributed by atoms with Crippen LogP contribution in [0.25, 0.3) is 0 Å². The van der Waals surface area contributed by atoms with Gasteiger partial charge < -0.3 is 19.9 Å². The average Bonchev–Trinajstić information content (AvgIpc) is 3.10. The number of fused-ring (bicyclic) bond motifs is 1. The number of amides is 1. The predicted octanol–water partition coefficient (Wildman–Crippen LogP) is 2.35. The third-order valence-corrected chi connectivity index (χ3v) is 5.18. The second kappa shape index (κ2) is 6.94. The molecule has 0 bridgehead atoms. The van der Waals surface area contributed by atoms with Gasteiger partial charge in [0.1, 0.15) is 13.2 Å². The summed E-state index contributed by atoms with van der Waals surface area (Å²) in [7, 11) is 0. The summed E-state index contributed by atoms with van der Waals surface area (Å²) in [6.07, 6.45) is 1.66. The first-order valence-corrected chi connectivity index (χ1v) is 8.77. The summed E-state index contributed by atoms with van der Waals surface area (Å²) in [4.78, 5) is 23.4. The number of ether oxygens (including phenoxy) is 2. The van der Waals surface area contributed by atoms with Crippen molar-refractivity contribution in [1.29, 1.82) is 0 Å². The van der Waals surface area contributed by atoms with Gasteiger partial charge in [0, 0.05) is 17.9 Å². The number of carboxylic acid groups (broad SMARTS) is 1. The van der Waals surface area contributed by atoms with E-state index in [1.807, 2.05) is 18.2 Å². The van der Waals surface area contributed by atoms with E-state index >= 15 is 0 Å². The highest BCUT2D eigenvalue weighted by molar-refractivity contribution is 5.81. The molecule has 1 heterocycles. The van der Waals surface area contributed by atoms with E-state index in [-0.39, 0.29) is 23.2 Å². The van der Waals surface area contributed by atoms with Gasteiger partial charge in [-0.15, -0.1) is 0 Å². The Labute approximate surface area is 147 Å². The van der Waals surface area contributed by atoms with Crippen LogP contribution in [0.4, 0.5) is 0 Å². The maximum absolute atomic E-state index is 12.4. The summed E-state index contributed by atoms with van der Waals surface area (Å²) in [5.74, 6) is 0.0590. The van der Waals surface area contributed by atoms with Crippen molar-refractivity contribution in [3.63, 3.8) is 0 Å². The van der Waals surface area contributed by atoms with Crippen LogP contribution in [0.15, 0.2) is 18.2 Å². The molecule has 2 N–H and O–H groups in total. The molecule has 1 aromatic rings. The van der Waals surface area contributed by atoms with Gasteiger partial charge in [-0.05, 0) is 37.0 Å². The van der Waals surface area contributed by atoms with E-state index in [4.69, 9.17) is 14.6 Å². The van der Waals surface area contributed by atoms with E-state index in [0.29, 0.717) is 39.0 Å². The molecule has 1 aliphatic carbocycles. The second-order valence-corrected chi connectivity index (χ2v) is 7.51. The molecule has 0 radical (unpaired) electrons. The zero-order valence-corrected chi connectivity index (χ0v) is 14.7. The summed E-state index contributed by atoms with van der Waals surface area (Å²) in [6.45, 7) is 5.71. The Bertz CT molecular complexity index is 670. The topological polar surface area (TPSA) is 84.9 Å². The van der Waals surface area contributed by atoms with Crippen LogP contribution in [0.5, 0.6) is 11.5 Å². The third-order valence-electron chi connectivity index (χ3n) is 5.18. The Kier molecular flexibility index (Phi) is 4.88. The lowest BCUT2D eigenvalue weighted by Crippen LogP contribution is -2.39. The van der Waals surface area contributed by atoms with Gasteiger partial charge in [0.2, 0.25) is 5.91 Å². The van der Waals surface area contributed by atoms with Gasteiger partial charge in [-0.2, -0.15) is 0 Å². The van der Waals surface area contributed by atoms with Crippen LogP contribution in [-0.2, 0) is 15.0 Å². The third kappa shape index (κ3) is 3.89. The van der Waals surface area contributed by atoms with E-state index < -0.39 is 5.97 Å². The Morgan fingerprint density at radius 2 is 1.84 bits per heavy atom. The molecular formula is C19H25NO5. The molecule has 136 valence electrons. The number of carbonyl (C=O) groups is 2. The van der Waals surface area contributed by atoms with Crippen molar-refractivity contribution in [1.82, 2.24) is 5.32 Å². The number of hydrogen-bond acceptors (Lipinski definition) is 4. The normalized spacial score (nSPS) is 22.5. The van der Waals surface area contributed by atoms with Gasteiger partial charge in [-0.3, -0.25) is 9.59 Å². The molecule has 6 nitrogen and oxygen atoms in total. The lowest BCUT2D eigenvalue weighted by atomic mass is 9.84. The monoisotopic (exact) mass is 347 g/mol. The molecule has 0 aromatic heterocycles. The van der Waals surface area contributed by atoms with Crippen LogP contribution < -0.4 is 14.8 Å². The van der Waals surface area contributed by atoms with E-state index in [2.05, 4.69) is 19.2 Å². The van der Waals surface area contributed by atoms with Crippen LogP contribution in [0, 0.1) is 11.8 Å². The van der Waals surface area contributed by atoms with E-state index in [9.17, 15) is 9.59 Å². The minimum absolute atomic E-state index is 0.0469. The van der Waals surface area contributed by atoms with Gasteiger partial charge >= 0.3 is 5.97 Å². The number of carbonyl (C=O) groups excluding carboxylic acids is 1. The SMILES string of the molecule is CC(C)(CNC(=O)[C@@H]1CC[C@H](C(=O)O)C1)c1ccc2c(c1)OCCO2. The van der Waals surface area contributed by atoms with Gasteiger partial charge in [0.05, 0.1) is 5.92 Å². The zero-order chi connectivity index (χ0) is 18.0. The molecule has 1 saturated carbocycles. The van der Waals surface area contributed by atoms with Crippen molar-refractivity contribution in [2.75, 3.05) is 19.8 Å². The molecule has 1 amide bonds. The van der Waals surface area contributed by atoms with Gasteiger partial charge in [0.15, 0.2) is 11.5 Å². The molecule has 1 fully saturated rings. The molecule has 1 aromatic carbocycles. The lowest BCUT2D eigenvalue weighted by Gasteiger charge is -2.28. The summed E-state index contributed by atoms with van der Waals surface area (Å²) >= 11 is 0. The average molecular weight is 347 g/mol. The Balaban J connectivity index is 1.60. The first-order valence-electron chi connectivity index (χ1n) is 8.77. The Hall–Kier alpha value is -2.24. The van der Waals surface area contributed by atoms with Crippen molar-refractivity contribution < 1.29 is 24.2 Å². The van der Waals surface area contributed by atoms with Crippen molar-refractivity contribution >= 4 is 11.9 Å². The van der Waals surface area contributed by atoms with Gasteiger partial charge in [-0.25, -0.2) is 0 Å². The fourth-order valence-electron chi connectivity index (χ4n) is 3.46. The fourth-order valence-corrected chi connectivity index (χ4v) is 3.46. The molecule has 2 aliphatic rings. The minimum atomic E-state index is -0.799. The minimum Gasteiger partial charge on any atom is -0.486 e. The molecule has 1 aliphatic heterocycles. The molecular weight excluding hydrogens is 322 g/mol. The van der Waals surface area contributed by atoms with Crippen LogP contribution in [0.2, 0.25) is 0 Å². The molecule has 0 spiro atoms. The zero-order valence-electron chi connectivity index (χ0n) is 14.7. The maximum atomic E-state index is 12.4. The van der Waals surface area contributed by atoms with E-state index in [1.165, 1.54) is 0 Å². The summed E-state index contributed by atoms with van der Waals surface area (Å²) in [5, 5.41) is 12.1. The smallest absolute Gasteiger partial charge is 0.306 e. The molecule has 6 heteroatoms. The van der Waals surface area contributed by atoms with Crippen LogP contribution in [-0.4, -0.2) is 36.7 Å². The molecule has 3 rings (SSSR count). The number of aliphatic carboxylic acids is 1. The highest BCUT2D eigenvalue weighted by Gasteiger charge is 2.34. The quantitative estimate of drug-likeness (QED) is 0.854.